The molecule has 0 saturated heterocycles. The molecule has 26 heavy (non-hydrogen) atoms. The fraction of sp³-hybridized carbons (Fsp3) is 0.556. The van der Waals surface area contributed by atoms with Gasteiger partial charge in [-0.1, -0.05) is 22.9 Å². The summed E-state index contributed by atoms with van der Waals surface area (Å²) in [6.07, 6.45) is 1.87. The van der Waals surface area contributed by atoms with E-state index in [0.717, 1.165) is 23.1 Å². The maximum Gasteiger partial charge on any atom is 0.274 e. The zero-order valence-electron chi connectivity index (χ0n) is 15.1. The third-order valence-electron chi connectivity index (χ3n) is 4.09. The van der Waals surface area contributed by atoms with Crippen LogP contribution in [0.15, 0.2) is 12.1 Å². The highest BCUT2D eigenvalue weighted by molar-refractivity contribution is 7.20. The van der Waals surface area contributed by atoms with Crippen LogP contribution in [-0.4, -0.2) is 42.4 Å². The summed E-state index contributed by atoms with van der Waals surface area (Å²) in [5.41, 5.74) is 0.817. The summed E-state index contributed by atoms with van der Waals surface area (Å²) in [6, 6.07) is 3.76. The van der Waals surface area contributed by atoms with Crippen LogP contribution < -0.4 is 14.8 Å². The van der Waals surface area contributed by atoms with Gasteiger partial charge in [0.2, 0.25) is 5.91 Å². The molecule has 142 valence electrons. The first kappa shape index (κ1) is 19.2. The molecule has 1 atom stereocenters. The number of amides is 1. The summed E-state index contributed by atoms with van der Waals surface area (Å²) in [6.45, 7) is 6.43. The van der Waals surface area contributed by atoms with E-state index in [0.29, 0.717) is 29.2 Å². The summed E-state index contributed by atoms with van der Waals surface area (Å²) in [7, 11) is 0. The van der Waals surface area contributed by atoms with Gasteiger partial charge < -0.3 is 19.5 Å². The standard InChI is InChI=1S/C18H23ClN2O4S/c1-4-23-18-21-14-5-6-15(16(19)17(14)26-18)25-13-7-12(8-13)24-9-10(2)20-11(3)22/h5-6,10,12-13H,4,7-9H2,1-3H3,(H,20,22)/t10-,12?,13?/m0/s1. The second kappa shape index (κ2) is 8.41. The van der Waals surface area contributed by atoms with E-state index < -0.39 is 0 Å². The van der Waals surface area contributed by atoms with E-state index in [2.05, 4.69) is 10.3 Å². The molecule has 0 aliphatic heterocycles. The molecule has 0 bridgehead atoms. The Morgan fingerprint density at radius 2 is 2.19 bits per heavy atom. The molecule has 8 heteroatoms. The molecule has 1 amide bonds. The van der Waals surface area contributed by atoms with Crippen LogP contribution in [0.1, 0.15) is 33.6 Å². The number of fused-ring (bicyclic) bond motifs is 1. The van der Waals surface area contributed by atoms with Crippen molar-refractivity contribution in [2.75, 3.05) is 13.2 Å². The second-order valence-electron chi connectivity index (χ2n) is 6.41. The summed E-state index contributed by atoms with van der Waals surface area (Å²) in [5, 5.41) is 4.00. The molecule has 1 saturated carbocycles. The normalized spacial score (nSPS) is 20.5. The van der Waals surface area contributed by atoms with Crippen LogP contribution in [0.4, 0.5) is 0 Å². The summed E-state index contributed by atoms with van der Waals surface area (Å²) >= 11 is 7.91. The Morgan fingerprint density at radius 3 is 2.88 bits per heavy atom. The highest BCUT2D eigenvalue weighted by Crippen LogP contribution is 2.40. The fourth-order valence-corrected chi connectivity index (χ4v) is 4.02. The van der Waals surface area contributed by atoms with E-state index in [1.807, 2.05) is 26.0 Å². The number of rotatable bonds is 8. The minimum atomic E-state index is -0.0449. The molecular formula is C18H23ClN2O4S. The van der Waals surface area contributed by atoms with Gasteiger partial charge in [-0.05, 0) is 26.0 Å². The number of ether oxygens (including phenoxy) is 3. The molecule has 1 N–H and O–H groups in total. The van der Waals surface area contributed by atoms with Gasteiger partial charge in [0.1, 0.15) is 16.9 Å². The van der Waals surface area contributed by atoms with Gasteiger partial charge in [0.05, 0.1) is 29.5 Å². The Balaban J connectivity index is 1.51. The maximum absolute atomic E-state index is 11.0. The van der Waals surface area contributed by atoms with Crippen molar-refractivity contribution in [1.82, 2.24) is 10.3 Å². The molecule has 1 aromatic carbocycles. The number of halogens is 1. The van der Waals surface area contributed by atoms with Crippen LogP contribution >= 0.6 is 22.9 Å². The molecule has 1 aliphatic rings. The van der Waals surface area contributed by atoms with Gasteiger partial charge in [0, 0.05) is 25.8 Å². The third kappa shape index (κ3) is 4.58. The number of carbonyl (C=O) groups is 1. The van der Waals surface area contributed by atoms with Crippen LogP contribution in [-0.2, 0) is 9.53 Å². The Hall–Kier alpha value is -1.57. The van der Waals surface area contributed by atoms with Gasteiger partial charge in [0.15, 0.2) is 0 Å². The Bertz CT molecular complexity index is 776. The average molecular weight is 399 g/mol. The predicted octanol–water partition coefficient (Wildman–Crippen LogP) is 3.80. The number of thiazole rings is 1. The molecule has 2 aromatic rings. The van der Waals surface area contributed by atoms with Crippen LogP contribution in [0, 0.1) is 0 Å². The molecule has 0 spiro atoms. The quantitative estimate of drug-likeness (QED) is 0.732. The van der Waals surface area contributed by atoms with Crippen molar-refractivity contribution in [1.29, 1.82) is 0 Å². The number of nitrogens with one attached hydrogen (secondary N) is 1. The van der Waals surface area contributed by atoms with Crippen molar-refractivity contribution in [3.05, 3.63) is 17.2 Å². The van der Waals surface area contributed by atoms with E-state index in [1.165, 1.54) is 18.3 Å². The van der Waals surface area contributed by atoms with Gasteiger partial charge in [-0.2, -0.15) is 0 Å². The second-order valence-corrected chi connectivity index (χ2v) is 7.75. The maximum atomic E-state index is 11.0. The predicted molar refractivity (Wildman–Crippen MR) is 102 cm³/mol. The molecule has 0 radical (unpaired) electrons. The third-order valence-corrected chi connectivity index (χ3v) is 5.58. The summed E-state index contributed by atoms with van der Waals surface area (Å²) in [4.78, 5) is 15.4. The first-order chi connectivity index (χ1) is 12.5. The van der Waals surface area contributed by atoms with Crippen molar-refractivity contribution in [3.63, 3.8) is 0 Å². The van der Waals surface area contributed by atoms with Crippen LogP contribution in [0.25, 0.3) is 10.2 Å². The van der Waals surface area contributed by atoms with Crippen molar-refractivity contribution in [2.24, 2.45) is 0 Å². The Labute approximate surface area is 161 Å². The van der Waals surface area contributed by atoms with Crippen molar-refractivity contribution < 1.29 is 19.0 Å². The summed E-state index contributed by atoms with van der Waals surface area (Å²) < 4.78 is 18.1. The molecule has 0 unspecified atom stereocenters. The lowest BCUT2D eigenvalue weighted by atomic mass is 9.92. The monoisotopic (exact) mass is 398 g/mol. The zero-order chi connectivity index (χ0) is 18.7. The lowest BCUT2D eigenvalue weighted by Crippen LogP contribution is -2.42. The molecular weight excluding hydrogens is 376 g/mol. The van der Waals surface area contributed by atoms with Gasteiger partial charge in [-0.3, -0.25) is 4.79 Å². The minimum Gasteiger partial charge on any atom is -0.489 e. The number of hydrogen-bond donors (Lipinski definition) is 1. The SMILES string of the molecule is CCOc1nc2ccc(OC3CC(OC[C@H](C)NC(C)=O)C3)c(Cl)c2s1. The molecule has 1 aliphatic carbocycles. The molecule has 3 rings (SSSR count). The highest BCUT2D eigenvalue weighted by Gasteiger charge is 2.32. The zero-order valence-corrected chi connectivity index (χ0v) is 16.7. The largest absolute Gasteiger partial charge is 0.489 e. The van der Waals surface area contributed by atoms with Gasteiger partial charge in [-0.25, -0.2) is 4.98 Å². The van der Waals surface area contributed by atoms with Crippen molar-refractivity contribution in [2.45, 2.75) is 51.9 Å². The van der Waals surface area contributed by atoms with Crippen LogP contribution in [0.3, 0.4) is 0 Å². The van der Waals surface area contributed by atoms with E-state index in [1.54, 1.807) is 0 Å². The number of nitrogens with zero attached hydrogens (tertiary/aromatic N) is 1. The smallest absolute Gasteiger partial charge is 0.274 e. The van der Waals surface area contributed by atoms with Crippen molar-refractivity contribution >= 4 is 39.1 Å². The molecule has 1 aromatic heterocycles. The average Bonchev–Trinajstić information content (AvgIpc) is 2.94. The van der Waals surface area contributed by atoms with E-state index >= 15 is 0 Å². The van der Waals surface area contributed by atoms with E-state index in [9.17, 15) is 4.79 Å². The Morgan fingerprint density at radius 1 is 1.42 bits per heavy atom. The number of benzene rings is 1. The molecule has 1 fully saturated rings. The summed E-state index contributed by atoms with van der Waals surface area (Å²) in [5.74, 6) is 0.623. The number of aromatic nitrogens is 1. The molecule has 1 heterocycles. The van der Waals surface area contributed by atoms with Gasteiger partial charge in [-0.15, -0.1) is 0 Å². The van der Waals surface area contributed by atoms with Crippen LogP contribution in [0.5, 0.6) is 10.9 Å². The van der Waals surface area contributed by atoms with Crippen LogP contribution in [0.2, 0.25) is 5.02 Å². The van der Waals surface area contributed by atoms with E-state index in [4.69, 9.17) is 25.8 Å². The molecule has 6 nitrogen and oxygen atoms in total. The first-order valence-corrected chi connectivity index (χ1v) is 9.93. The number of carbonyl (C=O) groups excluding carboxylic acids is 1. The van der Waals surface area contributed by atoms with Gasteiger partial charge >= 0.3 is 0 Å². The number of hydrogen-bond acceptors (Lipinski definition) is 6. The first-order valence-electron chi connectivity index (χ1n) is 8.73. The van der Waals surface area contributed by atoms with Gasteiger partial charge in [0.25, 0.3) is 5.19 Å². The minimum absolute atomic E-state index is 0.00943. The van der Waals surface area contributed by atoms with E-state index in [-0.39, 0.29) is 24.2 Å². The Kier molecular flexibility index (Phi) is 6.21. The lowest BCUT2D eigenvalue weighted by Gasteiger charge is -2.36. The lowest BCUT2D eigenvalue weighted by molar-refractivity contribution is -0.120. The van der Waals surface area contributed by atoms with Crippen molar-refractivity contribution in [3.8, 4) is 10.9 Å². The fourth-order valence-electron chi connectivity index (χ4n) is 2.80. The topological polar surface area (TPSA) is 69.7 Å². The highest BCUT2D eigenvalue weighted by atomic mass is 35.5.